The molecule has 7 heteroatoms. The number of halogens is 1. The standard InChI is InChI=1S/C9H9BrN4S2/c1-5-3-15-9(14-5)16-8-6(10)7(11-2)12-4-13-8/h3-4H,1-2H3,(H,11,12,13). The van der Waals surface area contributed by atoms with E-state index >= 15 is 0 Å². The Kier molecular flexibility index (Phi) is 3.78. The molecule has 84 valence electrons. The second-order valence-electron chi connectivity index (χ2n) is 2.95. The van der Waals surface area contributed by atoms with Gasteiger partial charge in [-0.15, -0.1) is 11.3 Å². The second-order valence-corrected chi connectivity index (χ2v) is 5.84. The van der Waals surface area contributed by atoms with Crippen molar-refractivity contribution >= 4 is 44.8 Å². The Morgan fingerprint density at radius 2 is 2.25 bits per heavy atom. The van der Waals surface area contributed by atoms with Crippen LogP contribution < -0.4 is 5.32 Å². The average molecular weight is 317 g/mol. The molecule has 2 aromatic rings. The Bertz CT molecular complexity index is 500. The maximum Gasteiger partial charge on any atom is 0.156 e. The molecule has 0 saturated carbocycles. The third-order valence-corrected chi connectivity index (χ3v) is 4.85. The van der Waals surface area contributed by atoms with Crippen LogP contribution >= 0.6 is 39.0 Å². The molecule has 16 heavy (non-hydrogen) atoms. The van der Waals surface area contributed by atoms with Gasteiger partial charge in [-0.1, -0.05) is 0 Å². The summed E-state index contributed by atoms with van der Waals surface area (Å²) >= 11 is 6.62. The topological polar surface area (TPSA) is 50.7 Å². The lowest BCUT2D eigenvalue weighted by Crippen LogP contribution is -1.96. The molecule has 0 fully saturated rings. The molecular formula is C9H9BrN4S2. The monoisotopic (exact) mass is 316 g/mol. The molecule has 0 aliphatic heterocycles. The van der Waals surface area contributed by atoms with E-state index < -0.39 is 0 Å². The van der Waals surface area contributed by atoms with Crippen LogP contribution in [0.5, 0.6) is 0 Å². The summed E-state index contributed by atoms with van der Waals surface area (Å²) in [6, 6.07) is 0. The largest absolute Gasteiger partial charge is 0.372 e. The molecule has 1 N–H and O–H groups in total. The molecule has 0 spiro atoms. The summed E-state index contributed by atoms with van der Waals surface area (Å²) in [5.41, 5.74) is 1.03. The van der Waals surface area contributed by atoms with Crippen molar-refractivity contribution in [2.75, 3.05) is 12.4 Å². The summed E-state index contributed by atoms with van der Waals surface area (Å²) in [4.78, 5) is 12.7. The van der Waals surface area contributed by atoms with Crippen LogP contribution in [-0.4, -0.2) is 22.0 Å². The van der Waals surface area contributed by atoms with Crippen molar-refractivity contribution in [2.24, 2.45) is 0 Å². The number of aryl methyl sites for hydroxylation is 1. The Balaban J connectivity index is 2.28. The van der Waals surface area contributed by atoms with E-state index in [1.165, 1.54) is 11.8 Å². The molecule has 0 radical (unpaired) electrons. The summed E-state index contributed by atoms with van der Waals surface area (Å²) in [6.45, 7) is 1.98. The quantitative estimate of drug-likeness (QED) is 0.881. The second kappa shape index (κ2) is 5.11. The molecule has 0 atom stereocenters. The van der Waals surface area contributed by atoms with Gasteiger partial charge in [0.15, 0.2) is 4.34 Å². The number of nitrogens with one attached hydrogen (secondary N) is 1. The summed E-state index contributed by atoms with van der Waals surface area (Å²) in [7, 11) is 1.83. The van der Waals surface area contributed by atoms with Crippen molar-refractivity contribution in [3.63, 3.8) is 0 Å². The van der Waals surface area contributed by atoms with E-state index in [1.807, 2.05) is 19.4 Å². The molecule has 2 heterocycles. The Labute approximate surface area is 110 Å². The smallest absolute Gasteiger partial charge is 0.156 e. The lowest BCUT2D eigenvalue weighted by atomic mass is 10.6. The first-order chi connectivity index (χ1) is 7.70. The Morgan fingerprint density at radius 3 is 2.88 bits per heavy atom. The minimum absolute atomic E-state index is 0.783. The zero-order valence-electron chi connectivity index (χ0n) is 8.69. The van der Waals surface area contributed by atoms with Gasteiger partial charge in [0.05, 0.1) is 4.47 Å². The van der Waals surface area contributed by atoms with Gasteiger partial charge in [-0.3, -0.25) is 0 Å². The molecule has 2 aromatic heterocycles. The molecule has 0 unspecified atom stereocenters. The van der Waals surface area contributed by atoms with Gasteiger partial charge in [-0.05, 0) is 34.6 Å². The number of anilines is 1. The van der Waals surface area contributed by atoms with Crippen molar-refractivity contribution in [2.45, 2.75) is 16.3 Å². The third kappa shape index (κ3) is 2.53. The maximum atomic E-state index is 4.38. The van der Waals surface area contributed by atoms with Gasteiger partial charge in [-0.2, -0.15) is 0 Å². The predicted molar refractivity (Wildman–Crippen MR) is 70.3 cm³/mol. The molecule has 2 rings (SSSR count). The van der Waals surface area contributed by atoms with Crippen LogP contribution in [0.3, 0.4) is 0 Å². The normalized spacial score (nSPS) is 10.4. The highest BCUT2D eigenvalue weighted by Crippen LogP contribution is 2.35. The van der Waals surface area contributed by atoms with Crippen molar-refractivity contribution in [3.8, 4) is 0 Å². The summed E-state index contributed by atoms with van der Waals surface area (Å²) in [5.74, 6) is 0.783. The number of hydrogen-bond donors (Lipinski definition) is 1. The highest BCUT2D eigenvalue weighted by Gasteiger charge is 2.10. The molecule has 0 bridgehead atoms. The van der Waals surface area contributed by atoms with E-state index in [0.29, 0.717) is 0 Å². The van der Waals surface area contributed by atoms with Crippen molar-refractivity contribution in [1.82, 2.24) is 15.0 Å². The van der Waals surface area contributed by atoms with Crippen LogP contribution in [0.1, 0.15) is 5.69 Å². The molecular weight excluding hydrogens is 308 g/mol. The zero-order chi connectivity index (χ0) is 11.5. The number of rotatable bonds is 3. The maximum absolute atomic E-state index is 4.38. The number of hydrogen-bond acceptors (Lipinski definition) is 6. The molecule has 0 aliphatic rings. The van der Waals surface area contributed by atoms with E-state index in [-0.39, 0.29) is 0 Å². The third-order valence-electron chi connectivity index (χ3n) is 1.78. The van der Waals surface area contributed by atoms with Crippen LogP contribution in [0, 0.1) is 6.92 Å². The molecule has 4 nitrogen and oxygen atoms in total. The number of aromatic nitrogens is 3. The fourth-order valence-corrected chi connectivity index (χ4v) is 3.44. The van der Waals surface area contributed by atoms with Gasteiger partial charge < -0.3 is 5.32 Å². The predicted octanol–water partition coefficient (Wildman–Crippen LogP) is 3.20. The highest BCUT2D eigenvalue weighted by atomic mass is 79.9. The molecule has 0 aliphatic carbocycles. The van der Waals surface area contributed by atoms with Gasteiger partial charge in [-0.25, -0.2) is 15.0 Å². The minimum Gasteiger partial charge on any atom is -0.372 e. The van der Waals surface area contributed by atoms with Crippen LogP contribution in [0.25, 0.3) is 0 Å². The van der Waals surface area contributed by atoms with Gasteiger partial charge >= 0.3 is 0 Å². The number of thiazole rings is 1. The van der Waals surface area contributed by atoms with E-state index in [4.69, 9.17) is 0 Å². The molecule has 0 amide bonds. The van der Waals surface area contributed by atoms with Gasteiger partial charge in [0, 0.05) is 18.1 Å². The Morgan fingerprint density at radius 1 is 1.44 bits per heavy atom. The SMILES string of the molecule is CNc1ncnc(Sc2nc(C)cs2)c1Br. The summed E-state index contributed by atoms with van der Waals surface area (Å²) in [6.07, 6.45) is 1.54. The lowest BCUT2D eigenvalue weighted by Gasteiger charge is -2.04. The average Bonchev–Trinajstić information content (AvgIpc) is 2.67. The van der Waals surface area contributed by atoms with E-state index in [1.54, 1.807) is 17.7 Å². The molecule has 0 aromatic carbocycles. The number of nitrogens with zero attached hydrogens (tertiary/aromatic N) is 3. The minimum atomic E-state index is 0.783. The van der Waals surface area contributed by atoms with Crippen LogP contribution in [-0.2, 0) is 0 Å². The summed E-state index contributed by atoms with van der Waals surface area (Å²) < 4.78 is 1.86. The zero-order valence-corrected chi connectivity index (χ0v) is 11.9. The van der Waals surface area contributed by atoms with Gasteiger partial charge in [0.25, 0.3) is 0 Å². The highest BCUT2D eigenvalue weighted by molar-refractivity contribution is 9.10. The van der Waals surface area contributed by atoms with Gasteiger partial charge in [0.2, 0.25) is 0 Å². The van der Waals surface area contributed by atoms with Crippen molar-refractivity contribution < 1.29 is 0 Å². The van der Waals surface area contributed by atoms with E-state index in [0.717, 1.165) is 25.4 Å². The Hall–Kier alpha value is -0.660. The fraction of sp³-hybridized carbons (Fsp3) is 0.222. The van der Waals surface area contributed by atoms with Crippen molar-refractivity contribution in [3.05, 3.63) is 21.9 Å². The summed E-state index contributed by atoms with van der Waals surface area (Å²) in [5, 5.41) is 5.89. The first-order valence-corrected chi connectivity index (χ1v) is 6.98. The lowest BCUT2D eigenvalue weighted by molar-refractivity contribution is 1.02. The van der Waals surface area contributed by atoms with Crippen LogP contribution in [0.15, 0.2) is 25.5 Å². The first-order valence-electron chi connectivity index (χ1n) is 4.49. The fourth-order valence-electron chi connectivity index (χ4n) is 1.06. The van der Waals surface area contributed by atoms with Crippen LogP contribution in [0.2, 0.25) is 0 Å². The van der Waals surface area contributed by atoms with Crippen LogP contribution in [0.4, 0.5) is 5.82 Å². The van der Waals surface area contributed by atoms with E-state index in [9.17, 15) is 0 Å². The molecule has 0 saturated heterocycles. The van der Waals surface area contributed by atoms with E-state index in [2.05, 4.69) is 36.2 Å². The first kappa shape index (κ1) is 11.8. The van der Waals surface area contributed by atoms with Crippen molar-refractivity contribution in [1.29, 1.82) is 0 Å². The van der Waals surface area contributed by atoms with Gasteiger partial charge in [0.1, 0.15) is 17.2 Å².